The Labute approximate surface area is 237 Å². The van der Waals surface area contributed by atoms with Crippen LogP contribution in [0.5, 0.6) is 11.5 Å². The number of rotatable bonds is 23. The Hall–Kier alpha value is -0.560. The van der Waals surface area contributed by atoms with Crippen molar-refractivity contribution in [3.8, 4) is 11.5 Å². The van der Waals surface area contributed by atoms with Gasteiger partial charge in [-0.2, -0.15) is 23.5 Å². The molecule has 2 aromatic carbocycles. The molecule has 6 heteroatoms. The number of aryl methyl sites for hydroxylation is 2. The number of hydrogen-bond donors (Lipinski definition) is 2. The molecule has 0 aromatic heterocycles. The number of phenolic OH excluding ortho intramolecular Hbond substituents is 2. The molecule has 202 valence electrons. The quantitative estimate of drug-likeness (QED) is 0.103. The molecule has 0 radical (unpaired) electrons. The third kappa shape index (κ3) is 17.8. The highest BCUT2D eigenvalue weighted by atomic mass is 33.1. The first-order valence-corrected chi connectivity index (χ1v) is 18.5. The van der Waals surface area contributed by atoms with Crippen LogP contribution >= 0.6 is 45.1 Å². The van der Waals surface area contributed by atoms with Crippen LogP contribution in [0.2, 0.25) is 0 Å². The Morgan fingerprint density at radius 3 is 1.25 bits per heavy atom. The van der Waals surface area contributed by atoms with Gasteiger partial charge in [0.15, 0.2) is 0 Å². The molecule has 0 fully saturated rings. The van der Waals surface area contributed by atoms with E-state index < -0.39 is 0 Å². The van der Waals surface area contributed by atoms with E-state index in [0.29, 0.717) is 11.5 Å². The summed E-state index contributed by atoms with van der Waals surface area (Å²) >= 11 is 4.17. The van der Waals surface area contributed by atoms with Crippen LogP contribution in [0.4, 0.5) is 0 Å². The maximum atomic E-state index is 9.50. The minimum Gasteiger partial charge on any atom is -0.508 e. The monoisotopic (exact) mass is 566 g/mol. The highest BCUT2D eigenvalue weighted by molar-refractivity contribution is 8.76. The van der Waals surface area contributed by atoms with Gasteiger partial charge in [-0.05, 0) is 110 Å². The lowest BCUT2D eigenvalue weighted by Crippen LogP contribution is -1.90. The molecule has 0 aliphatic rings. The Morgan fingerprint density at radius 1 is 0.444 bits per heavy atom. The second-order valence-electron chi connectivity index (χ2n) is 9.24. The Kier molecular flexibility index (Phi) is 19.7. The lowest BCUT2D eigenvalue weighted by Gasteiger charge is -2.05. The van der Waals surface area contributed by atoms with Crippen LogP contribution in [-0.4, -0.2) is 44.7 Å². The van der Waals surface area contributed by atoms with Gasteiger partial charge in [0.2, 0.25) is 0 Å². The lowest BCUT2D eigenvalue weighted by molar-refractivity contribution is 0.474. The van der Waals surface area contributed by atoms with Crippen molar-refractivity contribution in [3.05, 3.63) is 59.7 Å². The first-order chi connectivity index (χ1) is 17.7. The standard InChI is InChI=1S/C30H46O2S4/c31-29-17-9-13-27(25-29)15-11-21-33-19-5-1-3-7-23-35-36-24-8-4-2-6-20-34-22-12-16-28-14-10-18-30(32)26-28/h9-10,13-14,17-18,25-26,31-32H,1-8,11-12,15-16,19-24H2. The van der Waals surface area contributed by atoms with Crippen LogP contribution in [0.1, 0.15) is 75.3 Å². The number of benzene rings is 2. The van der Waals surface area contributed by atoms with Gasteiger partial charge in [0.05, 0.1) is 0 Å². The maximum absolute atomic E-state index is 9.50. The average molecular weight is 567 g/mol. The van der Waals surface area contributed by atoms with Crippen LogP contribution in [0.25, 0.3) is 0 Å². The molecule has 0 aliphatic carbocycles. The fourth-order valence-corrected chi connectivity index (χ4v) is 8.16. The summed E-state index contributed by atoms with van der Waals surface area (Å²) in [7, 11) is 4.15. The fraction of sp³-hybridized carbons (Fsp3) is 0.600. The van der Waals surface area contributed by atoms with Gasteiger partial charge in [-0.3, -0.25) is 0 Å². The average Bonchev–Trinajstić information content (AvgIpc) is 2.87. The van der Waals surface area contributed by atoms with Gasteiger partial charge < -0.3 is 10.2 Å². The normalized spacial score (nSPS) is 11.2. The van der Waals surface area contributed by atoms with Crippen molar-refractivity contribution in [2.75, 3.05) is 34.5 Å². The molecule has 0 aliphatic heterocycles. The zero-order chi connectivity index (χ0) is 25.5. The van der Waals surface area contributed by atoms with Gasteiger partial charge in [-0.15, -0.1) is 0 Å². The van der Waals surface area contributed by atoms with E-state index in [4.69, 9.17) is 0 Å². The molecule has 0 saturated heterocycles. The smallest absolute Gasteiger partial charge is 0.115 e. The topological polar surface area (TPSA) is 40.5 Å². The Balaban J connectivity index is 1.21. The minimum atomic E-state index is 0.382. The van der Waals surface area contributed by atoms with Crippen molar-refractivity contribution >= 4 is 45.1 Å². The van der Waals surface area contributed by atoms with Crippen LogP contribution in [0.15, 0.2) is 48.5 Å². The summed E-state index contributed by atoms with van der Waals surface area (Å²) in [6, 6.07) is 15.3. The second kappa shape index (κ2) is 22.4. The summed E-state index contributed by atoms with van der Waals surface area (Å²) < 4.78 is 0. The molecule has 2 rings (SSSR count). The number of hydrogen-bond acceptors (Lipinski definition) is 6. The third-order valence-corrected chi connectivity index (χ3v) is 10.8. The zero-order valence-electron chi connectivity index (χ0n) is 21.9. The van der Waals surface area contributed by atoms with Crippen molar-refractivity contribution in [3.63, 3.8) is 0 Å². The van der Waals surface area contributed by atoms with E-state index in [1.54, 1.807) is 12.1 Å². The first-order valence-electron chi connectivity index (χ1n) is 13.7. The van der Waals surface area contributed by atoms with Gasteiger partial charge in [-0.1, -0.05) is 71.5 Å². The molecule has 2 aromatic rings. The highest BCUT2D eigenvalue weighted by Crippen LogP contribution is 2.25. The van der Waals surface area contributed by atoms with Crippen LogP contribution in [0.3, 0.4) is 0 Å². The molecular formula is C30H46O2S4. The molecule has 0 atom stereocenters. The summed E-state index contributed by atoms with van der Waals surface area (Å²) in [5.74, 6) is 8.41. The van der Waals surface area contributed by atoms with Gasteiger partial charge in [0.1, 0.15) is 11.5 Å². The zero-order valence-corrected chi connectivity index (χ0v) is 25.1. The Morgan fingerprint density at radius 2 is 0.833 bits per heavy atom. The van der Waals surface area contributed by atoms with E-state index in [1.807, 2.05) is 24.3 Å². The lowest BCUT2D eigenvalue weighted by atomic mass is 10.1. The molecular weight excluding hydrogens is 521 g/mol. The molecule has 0 spiro atoms. The fourth-order valence-electron chi connectivity index (χ4n) is 3.94. The van der Waals surface area contributed by atoms with Gasteiger partial charge in [0.25, 0.3) is 0 Å². The summed E-state index contributed by atoms with van der Waals surface area (Å²) in [6.45, 7) is 0. The Bertz CT molecular complexity index is 722. The SMILES string of the molecule is Oc1cccc(CCCSCCCCCCSSCCCCCCSCCCc2cccc(O)c2)c1. The molecule has 0 saturated carbocycles. The molecule has 0 amide bonds. The summed E-state index contributed by atoms with van der Waals surface area (Å²) in [4.78, 5) is 0. The van der Waals surface area contributed by atoms with E-state index in [2.05, 4.69) is 57.2 Å². The predicted molar refractivity (Wildman–Crippen MR) is 169 cm³/mol. The summed E-state index contributed by atoms with van der Waals surface area (Å²) in [5, 5.41) is 19.0. The van der Waals surface area contributed by atoms with Crippen molar-refractivity contribution in [2.45, 2.75) is 77.0 Å². The van der Waals surface area contributed by atoms with E-state index in [1.165, 1.54) is 110 Å². The largest absolute Gasteiger partial charge is 0.508 e. The number of thioether (sulfide) groups is 2. The van der Waals surface area contributed by atoms with E-state index in [9.17, 15) is 10.2 Å². The molecule has 0 unspecified atom stereocenters. The molecule has 36 heavy (non-hydrogen) atoms. The van der Waals surface area contributed by atoms with E-state index in [-0.39, 0.29) is 0 Å². The van der Waals surface area contributed by atoms with Crippen molar-refractivity contribution in [1.29, 1.82) is 0 Å². The van der Waals surface area contributed by atoms with Crippen LogP contribution < -0.4 is 0 Å². The molecule has 0 bridgehead atoms. The molecule has 2 nitrogen and oxygen atoms in total. The van der Waals surface area contributed by atoms with E-state index >= 15 is 0 Å². The van der Waals surface area contributed by atoms with Crippen LogP contribution in [-0.2, 0) is 12.8 Å². The van der Waals surface area contributed by atoms with Crippen molar-refractivity contribution in [2.24, 2.45) is 0 Å². The second-order valence-corrected chi connectivity index (χ2v) is 14.4. The highest BCUT2D eigenvalue weighted by Gasteiger charge is 1.99. The summed E-state index contributed by atoms with van der Waals surface area (Å²) in [5.41, 5.74) is 2.49. The van der Waals surface area contributed by atoms with E-state index in [0.717, 1.165) is 12.8 Å². The van der Waals surface area contributed by atoms with Gasteiger partial charge in [0, 0.05) is 11.5 Å². The minimum absolute atomic E-state index is 0.382. The maximum Gasteiger partial charge on any atom is 0.115 e. The van der Waals surface area contributed by atoms with Gasteiger partial charge in [-0.25, -0.2) is 0 Å². The molecule has 2 N–H and O–H groups in total. The van der Waals surface area contributed by atoms with Crippen LogP contribution in [0, 0.1) is 0 Å². The van der Waals surface area contributed by atoms with Gasteiger partial charge >= 0.3 is 0 Å². The number of aromatic hydroxyl groups is 2. The molecule has 0 heterocycles. The predicted octanol–water partition coefficient (Wildman–Crippen LogP) is 9.63. The van der Waals surface area contributed by atoms with Crippen molar-refractivity contribution in [1.82, 2.24) is 0 Å². The summed E-state index contributed by atoms with van der Waals surface area (Å²) in [6.07, 6.45) is 15.5. The first kappa shape index (κ1) is 31.7. The number of phenols is 2. The third-order valence-electron chi connectivity index (χ3n) is 5.95. The number of unbranched alkanes of at least 4 members (excludes halogenated alkanes) is 6. The van der Waals surface area contributed by atoms with Crippen molar-refractivity contribution < 1.29 is 10.2 Å².